The summed E-state index contributed by atoms with van der Waals surface area (Å²) in [6, 6.07) is 15.8. The summed E-state index contributed by atoms with van der Waals surface area (Å²) in [5, 5.41) is 11.5. The van der Waals surface area contributed by atoms with Crippen LogP contribution in [0.3, 0.4) is 0 Å². The third kappa shape index (κ3) is 6.07. The van der Waals surface area contributed by atoms with Gasteiger partial charge in [-0.25, -0.2) is 5.48 Å². The highest BCUT2D eigenvalue weighted by molar-refractivity contribution is 5.93. The average Bonchev–Trinajstić information content (AvgIpc) is 2.70. The molecule has 2 rings (SSSR count). The van der Waals surface area contributed by atoms with Gasteiger partial charge in [0.25, 0.3) is 5.91 Å². The molecule has 136 valence electrons. The van der Waals surface area contributed by atoms with Gasteiger partial charge in [-0.1, -0.05) is 37.3 Å². The summed E-state index contributed by atoms with van der Waals surface area (Å²) in [4.78, 5) is 23.3. The summed E-state index contributed by atoms with van der Waals surface area (Å²) in [5.74, 6) is -0.188. The summed E-state index contributed by atoms with van der Waals surface area (Å²) in [6.45, 7) is 2.27. The van der Waals surface area contributed by atoms with Crippen molar-refractivity contribution in [3.8, 4) is 5.75 Å². The standard InChI is InChI=1S/C20H22N2O4/c1-2-17(21-19(23)13-8-15-6-4-3-5-7-15)14-26-18-11-9-16(10-12-18)20(24)22-25/h3-13,17,25H,2,14H2,1H3,(H,21,23)(H,22,24)/t17-/m1/s1. The molecule has 1 atom stereocenters. The summed E-state index contributed by atoms with van der Waals surface area (Å²) >= 11 is 0. The van der Waals surface area contributed by atoms with Crippen LogP contribution in [0.1, 0.15) is 29.3 Å². The number of ether oxygens (including phenoxy) is 1. The lowest BCUT2D eigenvalue weighted by molar-refractivity contribution is -0.117. The summed E-state index contributed by atoms with van der Waals surface area (Å²) in [6.07, 6.45) is 3.98. The zero-order valence-electron chi connectivity index (χ0n) is 14.5. The molecule has 0 aliphatic heterocycles. The van der Waals surface area contributed by atoms with Crippen LogP contribution in [-0.4, -0.2) is 29.7 Å². The molecule has 0 bridgehead atoms. The van der Waals surface area contributed by atoms with Crippen molar-refractivity contribution in [1.82, 2.24) is 10.8 Å². The number of amides is 2. The molecule has 2 aromatic carbocycles. The molecule has 26 heavy (non-hydrogen) atoms. The minimum Gasteiger partial charge on any atom is -0.491 e. The Labute approximate surface area is 152 Å². The molecule has 0 saturated carbocycles. The summed E-state index contributed by atoms with van der Waals surface area (Å²) in [5.41, 5.74) is 2.85. The fourth-order valence-corrected chi connectivity index (χ4v) is 2.21. The molecule has 0 saturated heterocycles. The van der Waals surface area contributed by atoms with Crippen LogP contribution in [0, 0.1) is 0 Å². The molecule has 2 amide bonds. The maximum absolute atomic E-state index is 12.0. The molecular weight excluding hydrogens is 332 g/mol. The van der Waals surface area contributed by atoms with Crippen molar-refractivity contribution in [2.75, 3.05) is 6.61 Å². The number of carbonyl (C=O) groups excluding carboxylic acids is 2. The van der Waals surface area contributed by atoms with E-state index < -0.39 is 5.91 Å². The normalized spacial score (nSPS) is 11.8. The Kier molecular flexibility index (Phi) is 7.39. The second kappa shape index (κ2) is 10.0. The van der Waals surface area contributed by atoms with Crippen molar-refractivity contribution in [2.45, 2.75) is 19.4 Å². The third-order valence-corrected chi connectivity index (χ3v) is 3.74. The lowest BCUT2D eigenvalue weighted by Gasteiger charge is -2.17. The Morgan fingerprint density at radius 2 is 1.81 bits per heavy atom. The molecule has 0 heterocycles. The number of carbonyl (C=O) groups is 2. The Bertz CT molecular complexity index is 742. The van der Waals surface area contributed by atoms with Gasteiger partial charge >= 0.3 is 0 Å². The van der Waals surface area contributed by atoms with Gasteiger partial charge in [0.2, 0.25) is 5.91 Å². The molecule has 0 aliphatic carbocycles. The van der Waals surface area contributed by atoms with E-state index in [4.69, 9.17) is 9.94 Å². The Morgan fingerprint density at radius 1 is 1.12 bits per heavy atom. The van der Waals surface area contributed by atoms with Crippen LogP contribution in [0.4, 0.5) is 0 Å². The second-order valence-corrected chi connectivity index (χ2v) is 5.63. The largest absolute Gasteiger partial charge is 0.491 e. The van der Waals surface area contributed by atoms with Crippen molar-refractivity contribution < 1.29 is 19.5 Å². The lowest BCUT2D eigenvalue weighted by Crippen LogP contribution is -2.37. The number of nitrogens with one attached hydrogen (secondary N) is 2. The van der Waals surface area contributed by atoms with Crippen molar-refractivity contribution in [3.05, 3.63) is 71.8 Å². The van der Waals surface area contributed by atoms with E-state index in [9.17, 15) is 9.59 Å². The first-order valence-electron chi connectivity index (χ1n) is 8.33. The topological polar surface area (TPSA) is 87.7 Å². The average molecular weight is 354 g/mol. The smallest absolute Gasteiger partial charge is 0.274 e. The SMILES string of the molecule is CC[C@H](COc1ccc(C(=O)NO)cc1)NC(=O)C=Cc1ccccc1. The fraction of sp³-hybridized carbons (Fsp3) is 0.200. The molecule has 0 aliphatic rings. The molecule has 6 nitrogen and oxygen atoms in total. The van der Waals surface area contributed by atoms with Crippen LogP contribution >= 0.6 is 0 Å². The highest BCUT2D eigenvalue weighted by atomic mass is 16.5. The van der Waals surface area contributed by atoms with Crippen LogP contribution in [0.15, 0.2) is 60.7 Å². The predicted molar refractivity (Wildman–Crippen MR) is 98.9 cm³/mol. The van der Waals surface area contributed by atoms with E-state index in [1.165, 1.54) is 6.08 Å². The minimum absolute atomic E-state index is 0.136. The van der Waals surface area contributed by atoms with Crippen molar-refractivity contribution in [3.63, 3.8) is 0 Å². The van der Waals surface area contributed by atoms with Crippen molar-refractivity contribution >= 4 is 17.9 Å². The van der Waals surface area contributed by atoms with Gasteiger partial charge in [-0.2, -0.15) is 0 Å². The fourth-order valence-electron chi connectivity index (χ4n) is 2.21. The van der Waals surface area contributed by atoms with Gasteiger partial charge in [0.05, 0.1) is 6.04 Å². The van der Waals surface area contributed by atoms with Gasteiger partial charge in [-0.3, -0.25) is 14.8 Å². The number of hydrogen-bond donors (Lipinski definition) is 3. The minimum atomic E-state index is -0.583. The number of hydroxylamine groups is 1. The van der Waals surface area contributed by atoms with E-state index in [1.54, 1.807) is 35.8 Å². The monoisotopic (exact) mass is 354 g/mol. The van der Waals surface area contributed by atoms with E-state index in [2.05, 4.69) is 5.32 Å². The van der Waals surface area contributed by atoms with Gasteiger partial charge in [-0.15, -0.1) is 0 Å². The molecule has 0 unspecified atom stereocenters. The molecule has 0 fully saturated rings. The van der Waals surface area contributed by atoms with Gasteiger partial charge in [-0.05, 0) is 42.3 Å². The quantitative estimate of drug-likeness (QED) is 0.386. The van der Waals surface area contributed by atoms with Gasteiger partial charge in [0.15, 0.2) is 0 Å². The highest BCUT2D eigenvalue weighted by Crippen LogP contribution is 2.13. The number of hydrogen-bond acceptors (Lipinski definition) is 4. The van der Waals surface area contributed by atoms with Crippen molar-refractivity contribution in [2.24, 2.45) is 0 Å². The van der Waals surface area contributed by atoms with E-state index >= 15 is 0 Å². The second-order valence-electron chi connectivity index (χ2n) is 5.63. The molecule has 2 aromatic rings. The summed E-state index contributed by atoms with van der Waals surface area (Å²) < 4.78 is 5.66. The zero-order chi connectivity index (χ0) is 18.8. The maximum Gasteiger partial charge on any atom is 0.274 e. The Balaban J connectivity index is 1.84. The van der Waals surface area contributed by atoms with E-state index in [-0.39, 0.29) is 11.9 Å². The Morgan fingerprint density at radius 3 is 2.42 bits per heavy atom. The summed E-state index contributed by atoms with van der Waals surface area (Å²) in [7, 11) is 0. The van der Waals surface area contributed by atoms with Crippen LogP contribution in [0.25, 0.3) is 6.08 Å². The first-order valence-corrected chi connectivity index (χ1v) is 8.33. The number of benzene rings is 2. The van der Waals surface area contributed by atoms with Gasteiger partial charge in [0, 0.05) is 11.6 Å². The van der Waals surface area contributed by atoms with Crippen LogP contribution in [-0.2, 0) is 4.79 Å². The van der Waals surface area contributed by atoms with E-state index in [1.807, 2.05) is 37.3 Å². The molecule has 0 spiro atoms. The Hall–Kier alpha value is -3.12. The first-order chi connectivity index (χ1) is 12.6. The maximum atomic E-state index is 12.0. The number of rotatable bonds is 8. The molecule has 0 radical (unpaired) electrons. The van der Waals surface area contributed by atoms with E-state index in [0.29, 0.717) is 17.9 Å². The molecule has 6 heteroatoms. The lowest BCUT2D eigenvalue weighted by atomic mass is 10.2. The van der Waals surface area contributed by atoms with Crippen molar-refractivity contribution in [1.29, 1.82) is 0 Å². The van der Waals surface area contributed by atoms with Crippen LogP contribution < -0.4 is 15.5 Å². The zero-order valence-corrected chi connectivity index (χ0v) is 14.5. The van der Waals surface area contributed by atoms with Crippen LogP contribution in [0.5, 0.6) is 5.75 Å². The highest BCUT2D eigenvalue weighted by Gasteiger charge is 2.10. The van der Waals surface area contributed by atoms with Gasteiger partial charge in [0.1, 0.15) is 12.4 Å². The molecular formula is C20H22N2O4. The molecule has 0 aromatic heterocycles. The third-order valence-electron chi connectivity index (χ3n) is 3.74. The van der Waals surface area contributed by atoms with Crippen LogP contribution in [0.2, 0.25) is 0 Å². The van der Waals surface area contributed by atoms with Gasteiger partial charge < -0.3 is 10.1 Å². The van der Waals surface area contributed by atoms with E-state index in [0.717, 1.165) is 12.0 Å². The first kappa shape index (κ1) is 19.2. The predicted octanol–water partition coefficient (Wildman–Crippen LogP) is 2.79. The molecule has 3 N–H and O–H groups in total.